The smallest absolute Gasteiger partial charge is 0.508 e. The molecule has 7 heteroatoms. The lowest BCUT2D eigenvalue weighted by molar-refractivity contribution is 0.289. The highest BCUT2D eigenvalue weighted by Gasteiger charge is 2.27. The fraction of sp³-hybridized carbons (Fsp3) is 0.226. The topological polar surface area (TPSA) is 96.2 Å². The highest BCUT2D eigenvalue weighted by Crippen LogP contribution is 2.46. The Morgan fingerprint density at radius 2 is 0.947 bits per heavy atom. The summed E-state index contributed by atoms with van der Waals surface area (Å²) in [5.74, 6) is 1.25. The van der Waals surface area contributed by atoms with Crippen molar-refractivity contribution in [2.75, 3.05) is 0 Å². The summed E-state index contributed by atoms with van der Waals surface area (Å²) in [4.78, 5) is 9.96. The summed E-state index contributed by atoms with van der Waals surface area (Å²) < 4.78 is 22.6. The maximum atomic E-state index is 12.2. The van der Waals surface area contributed by atoms with E-state index in [9.17, 15) is 19.7 Å². The molecule has 3 N–H and O–H groups in total. The zero-order valence-electron chi connectivity index (χ0n) is 22.6. The van der Waals surface area contributed by atoms with E-state index in [4.69, 9.17) is 9.05 Å². The van der Waals surface area contributed by atoms with Gasteiger partial charge in [0.2, 0.25) is 0 Å². The fourth-order valence-electron chi connectivity index (χ4n) is 3.84. The number of phosphoric ester groups is 1. The Hall–Kier alpha value is -3.73. The van der Waals surface area contributed by atoms with Gasteiger partial charge in [-0.3, -0.25) is 4.89 Å². The third-order valence-electron chi connectivity index (χ3n) is 6.72. The van der Waals surface area contributed by atoms with E-state index in [2.05, 4.69) is 13.8 Å². The van der Waals surface area contributed by atoms with Crippen LogP contribution in [0.5, 0.6) is 23.0 Å². The third kappa shape index (κ3) is 7.18. The normalized spacial score (nSPS) is 11.3. The van der Waals surface area contributed by atoms with Gasteiger partial charge in [0.15, 0.2) is 0 Å². The second-order valence-electron chi connectivity index (χ2n) is 9.77. The Morgan fingerprint density at radius 3 is 1.29 bits per heavy atom. The van der Waals surface area contributed by atoms with Gasteiger partial charge in [0, 0.05) is 5.41 Å². The van der Waals surface area contributed by atoms with Crippen LogP contribution in [0, 0.1) is 27.7 Å². The van der Waals surface area contributed by atoms with Crippen LogP contribution in [0.1, 0.15) is 47.2 Å². The number of hydrogen-bond donors (Lipinski definition) is 3. The summed E-state index contributed by atoms with van der Waals surface area (Å²) in [5, 5.41) is 18.6. The summed E-state index contributed by atoms with van der Waals surface area (Å²) in [6, 6.07) is 25.1. The van der Waals surface area contributed by atoms with E-state index in [0.717, 1.165) is 33.4 Å². The quantitative estimate of drug-likeness (QED) is 0.218. The molecular weight excluding hydrogens is 499 g/mol. The zero-order valence-corrected chi connectivity index (χ0v) is 23.5. The monoisotopic (exact) mass is 534 g/mol. The van der Waals surface area contributed by atoms with Gasteiger partial charge in [-0.15, -0.1) is 0 Å². The van der Waals surface area contributed by atoms with Crippen molar-refractivity contribution in [3.8, 4) is 23.0 Å². The second kappa shape index (κ2) is 11.8. The molecule has 0 aliphatic heterocycles. The molecule has 38 heavy (non-hydrogen) atoms. The molecule has 0 fully saturated rings. The van der Waals surface area contributed by atoms with Crippen molar-refractivity contribution in [3.05, 3.63) is 118 Å². The Kier molecular flexibility index (Phi) is 8.93. The number of aromatic hydroxyl groups is 2. The molecule has 0 radical (unpaired) electrons. The molecule has 0 aromatic heterocycles. The highest BCUT2D eigenvalue weighted by atomic mass is 31.2. The lowest BCUT2D eigenvalue weighted by Crippen LogP contribution is -2.18. The Morgan fingerprint density at radius 1 is 0.605 bits per heavy atom. The maximum Gasteiger partial charge on any atom is 0.584 e. The number of benzene rings is 4. The molecule has 0 heterocycles. The highest BCUT2D eigenvalue weighted by molar-refractivity contribution is 7.48. The molecule has 4 aromatic rings. The van der Waals surface area contributed by atoms with Crippen molar-refractivity contribution >= 4 is 7.82 Å². The number of rotatable bonds is 6. The van der Waals surface area contributed by atoms with Crippen LogP contribution < -0.4 is 9.05 Å². The molecule has 0 aliphatic carbocycles. The van der Waals surface area contributed by atoms with Gasteiger partial charge in [0.1, 0.15) is 23.0 Å². The first-order valence-corrected chi connectivity index (χ1v) is 13.7. The minimum absolute atomic E-state index is 0.151. The number of hydrogen-bond acceptors (Lipinski definition) is 5. The van der Waals surface area contributed by atoms with E-state index in [-0.39, 0.29) is 16.9 Å². The molecule has 0 bridgehead atoms. The van der Waals surface area contributed by atoms with Crippen LogP contribution in [0.3, 0.4) is 0 Å². The molecular formula is C31H35O6P. The van der Waals surface area contributed by atoms with Crippen LogP contribution in [0.2, 0.25) is 0 Å². The largest absolute Gasteiger partial charge is 0.584 e. The Balaban J connectivity index is 0.000000215. The van der Waals surface area contributed by atoms with E-state index in [0.29, 0.717) is 11.5 Å². The second-order valence-corrected chi connectivity index (χ2v) is 11.1. The average Bonchev–Trinajstić information content (AvgIpc) is 2.86. The van der Waals surface area contributed by atoms with E-state index in [1.807, 2.05) is 64.1 Å². The molecule has 4 rings (SSSR count). The van der Waals surface area contributed by atoms with E-state index in [1.54, 1.807) is 48.5 Å². The first-order valence-electron chi connectivity index (χ1n) is 12.2. The Bertz CT molecular complexity index is 1320. The first kappa shape index (κ1) is 28.8. The fourth-order valence-corrected chi connectivity index (χ4v) is 4.77. The molecule has 0 saturated carbocycles. The summed E-state index contributed by atoms with van der Waals surface area (Å²) in [6.45, 7) is 11.7. The van der Waals surface area contributed by atoms with E-state index >= 15 is 0 Å². The van der Waals surface area contributed by atoms with Crippen LogP contribution in [-0.2, 0) is 9.98 Å². The number of phenolic OH excluding ortho intramolecular Hbond substituents is 2. The predicted molar refractivity (Wildman–Crippen MR) is 151 cm³/mol. The van der Waals surface area contributed by atoms with Crippen LogP contribution in [0.15, 0.2) is 84.9 Å². The minimum atomic E-state index is -4.23. The molecule has 200 valence electrons. The number of phosphoric acid groups is 1. The minimum Gasteiger partial charge on any atom is -0.508 e. The van der Waals surface area contributed by atoms with Crippen LogP contribution in [-0.4, -0.2) is 15.1 Å². The predicted octanol–water partition coefficient (Wildman–Crippen LogP) is 7.90. The standard InChI is InChI=1S/C16H19O4P.C15H16O2/c1-11-7-5-9-15(13(11)3)19-21(17,18)20-16-10-6-8-12(2)14(16)4;1-15(2,11-3-7-13(16)8-4-11)12-5-9-14(17)10-6-12/h5-10H,1-4H3,(H,17,18);3-10,16-17H,1-2H3. The number of aryl methyl sites for hydroxylation is 2. The summed E-state index contributed by atoms with van der Waals surface area (Å²) in [7, 11) is -4.23. The number of phenols is 2. The molecule has 6 nitrogen and oxygen atoms in total. The van der Waals surface area contributed by atoms with Gasteiger partial charge in [-0.25, -0.2) is 4.57 Å². The van der Waals surface area contributed by atoms with Crippen LogP contribution >= 0.6 is 7.82 Å². The molecule has 0 aliphatic rings. The van der Waals surface area contributed by atoms with Gasteiger partial charge in [-0.2, -0.15) is 0 Å². The molecule has 0 atom stereocenters. The lowest BCUT2D eigenvalue weighted by atomic mass is 9.78. The van der Waals surface area contributed by atoms with Crippen molar-refractivity contribution in [2.24, 2.45) is 0 Å². The van der Waals surface area contributed by atoms with Crippen molar-refractivity contribution < 1.29 is 28.7 Å². The molecule has 0 spiro atoms. The van der Waals surface area contributed by atoms with Gasteiger partial charge in [-0.1, -0.05) is 62.4 Å². The van der Waals surface area contributed by atoms with Gasteiger partial charge >= 0.3 is 7.82 Å². The van der Waals surface area contributed by atoms with E-state index < -0.39 is 7.82 Å². The van der Waals surface area contributed by atoms with Crippen molar-refractivity contribution in [1.82, 2.24) is 0 Å². The first-order chi connectivity index (χ1) is 17.8. The molecule has 0 unspecified atom stereocenters. The molecule has 4 aromatic carbocycles. The summed E-state index contributed by atoms with van der Waals surface area (Å²) in [6.07, 6.45) is 0. The Labute approximate surface area is 224 Å². The van der Waals surface area contributed by atoms with Gasteiger partial charge in [0.05, 0.1) is 0 Å². The zero-order chi connectivity index (χ0) is 28.1. The molecule has 0 amide bonds. The van der Waals surface area contributed by atoms with Crippen LogP contribution in [0.25, 0.3) is 0 Å². The van der Waals surface area contributed by atoms with Gasteiger partial charge in [-0.05, 0) is 97.5 Å². The SMILES string of the molecule is CC(C)(c1ccc(O)cc1)c1ccc(O)cc1.Cc1cccc(OP(=O)(O)Oc2cccc(C)c2C)c1C. The average molecular weight is 535 g/mol. The maximum absolute atomic E-state index is 12.2. The molecule has 0 saturated heterocycles. The van der Waals surface area contributed by atoms with Gasteiger partial charge in [0.25, 0.3) is 0 Å². The summed E-state index contributed by atoms with van der Waals surface area (Å²) in [5.41, 5.74) is 5.70. The lowest BCUT2D eigenvalue weighted by Gasteiger charge is -2.26. The van der Waals surface area contributed by atoms with Gasteiger partial charge < -0.3 is 19.3 Å². The summed E-state index contributed by atoms with van der Waals surface area (Å²) >= 11 is 0. The van der Waals surface area contributed by atoms with Crippen LogP contribution in [0.4, 0.5) is 0 Å². The van der Waals surface area contributed by atoms with Crippen molar-refractivity contribution in [1.29, 1.82) is 0 Å². The van der Waals surface area contributed by atoms with E-state index in [1.165, 1.54) is 0 Å². The van der Waals surface area contributed by atoms with Crippen molar-refractivity contribution in [2.45, 2.75) is 47.0 Å². The van der Waals surface area contributed by atoms with Crippen molar-refractivity contribution in [3.63, 3.8) is 0 Å². The third-order valence-corrected chi connectivity index (χ3v) is 7.57.